The predicted octanol–water partition coefficient (Wildman–Crippen LogP) is 1.48. The Balaban J connectivity index is 1.72. The van der Waals surface area contributed by atoms with Gasteiger partial charge in [-0.1, -0.05) is 19.9 Å². The lowest BCUT2D eigenvalue weighted by Crippen LogP contribution is -2.54. The van der Waals surface area contributed by atoms with Gasteiger partial charge >= 0.3 is 12.0 Å². The van der Waals surface area contributed by atoms with Gasteiger partial charge in [-0.2, -0.15) is 0 Å². The Hall–Kier alpha value is -2.31. The number of nitrogens with one attached hydrogen (secondary N) is 1. The number of aromatic nitrogens is 1. The number of aliphatic carboxylic acids is 1. The smallest absolute Gasteiger partial charge is 0.326 e. The summed E-state index contributed by atoms with van der Waals surface area (Å²) in [6.45, 7) is 5.55. The number of pyridine rings is 1. The second kappa shape index (κ2) is 6.90. The van der Waals surface area contributed by atoms with Crippen molar-refractivity contribution in [3.05, 3.63) is 34.2 Å². The molecule has 3 rings (SSSR count). The topological polar surface area (TPSA) is 91.6 Å². The minimum Gasteiger partial charge on any atom is -0.480 e. The number of piperidine rings is 1. The molecule has 1 fully saturated rings. The van der Waals surface area contributed by atoms with E-state index in [0.717, 1.165) is 12.1 Å². The molecule has 2 aliphatic heterocycles. The van der Waals surface area contributed by atoms with Crippen LogP contribution in [0.25, 0.3) is 0 Å². The van der Waals surface area contributed by atoms with Crippen LogP contribution in [-0.4, -0.2) is 45.7 Å². The second-order valence-electron chi connectivity index (χ2n) is 7.57. The van der Waals surface area contributed by atoms with Gasteiger partial charge in [0.15, 0.2) is 0 Å². The highest BCUT2D eigenvalue weighted by molar-refractivity contribution is 5.82. The maximum atomic E-state index is 12.6. The highest BCUT2D eigenvalue weighted by atomic mass is 16.4. The van der Waals surface area contributed by atoms with Crippen molar-refractivity contribution < 1.29 is 14.7 Å². The SMILES string of the molecule is CC(C)C[C@@H](NC(=O)N1C[C@@H]2C[C@H](C1)c1cccc(=O)n1C2)C(=O)O. The lowest BCUT2D eigenvalue weighted by molar-refractivity contribution is -0.139. The van der Waals surface area contributed by atoms with Crippen molar-refractivity contribution in [2.45, 2.75) is 45.2 Å². The Morgan fingerprint density at radius 1 is 1.28 bits per heavy atom. The molecule has 0 saturated carbocycles. The Morgan fingerprint density at radius 2 is 2.04 bits per heavy atom. The first kappa shape index (κ1) is 17.5. The Kier molecular flexibility index (Phi) is 4.83. The van der Waals surface area contributed by atoms with E-state index in [0.29, 0.717) is 26.1 Å². The molecule has 136 valence electrons. The normalized spacial score (nSPS) is 23.1. The zero-order valence-corrected chi connectivity index (χ0v) is 14.6. The van der Waals surface area contributed by atoms with Crippen molar-refractivity contribution in [1.82, 2.24) is 14.8 Å². The lowest BCUT2D eigenvalue weighted by atomic mass is 9.83. The van der Waals surface area contributed by atoms with Crippen LogP contribution in [-0.2, 0) is 11.3 Å². The second-order valence-corrected chi connectivity index (χ2v) is 7.57. The van der Waals surface area contributed by atoms with Crippen molar-refractivity contribution in [3.8, 4) is 0 Å². The van der Waals surface area contributed by atoms with Gasteiger partial charge in [0.25, 0.3) is 5.56 Å². The van der Waals surface area contributed by atoms with E-state index in [2.05, 4.69) is 5.32 Å². The van der Waals surface area contributed by atoms with Gasteiger partial charge in [0.05, 0.1) is 0 Å². The number of rotatable bonds is 4. The molecule has 2 amide bonds. The Bertz CT molecular complexity index is 727. The van der Waals surface area contributed by atoms with E-state index in [4.69, 9.17) is 0 Å². The molecule has 1 saturated heterocycles. The van der Waals surface area contributed by atoms with Crippen LogP contribution in [0.4, 0.5) is 4.79 Å². The third-order valence-corrected chi connectivity index (χ3v) is 5.07. The average Bonchev–Trinajstić information content (AvgIpc) is 2.54. The van der Waals surface area contributed by atoms with Crippen LogP contribution in [0.3, 0.4) is 0 Å². The number of hydrogen-bond donors (Lipinski definition) is 2. The number of likely N-dealkylation sites (tertiary alicyclic amines) is 1. The Morgan fingerprint density at radius 3 is 2.72 bits per heavy atom. The van der Waals surface area contributed by atoms with Crippen LogP contribution in [0.2, 0.25) is 0 Å². The summed E-state index contributed by atoms with van der Waals surface area (Å²) < 4.78 is 1.81. The average molecular weight is 347 g/mol. The first-order chi connectivity index (χ1) is 11.8. The molecular weight excluding hydrogens is 322 g/mol. The van der Waals surface area contributed by atoms with Gasteiger partial charge in [-0.3, -0.25) is 4.79 Å². The predicted molar refractivity (Wildman–Crippen MR) is 92.5 cm³/mol. The molecule has 0 unspecified atom stereocenters. The van der Waals surface area contributed by atoms with Gasteiger partial charge in [-0.25, -0.2) is 9.59 Å². The molecule has 1 aromatic rings. The standard InChI is InChI=1S/C18H25N3O4/c1-11(2)6-14(17(23)24)19-18(25)20-8-12-7-13(10-20)15-4-3-5-16(22)21(15)9-12/h3-5,11-14H,6-10H2,1-2H3,(H,19,25)(H,23,24)/t12-,13+,14+/m0/s1. The lowest BCUT2D eigenvalue weighted by Gasteiger charge is -2.42. The Labute approximate surface area is 146 Å². The summed E-state index contributed by atoms with van der Waals surface area (Å²) in [6.07, 6.45) is 1.36. The minimum absolute atomic E-state index is 0.00739. The summed E-state index contributed by atoms with van der Waals surface area (Å²) in [5.74, 6) is -0.469. The highest BCUT2D eigenvalue weighted by Gasteiger charge is 2.37. The van der Waals surface area contributed by atoms with E-state index in [9.17, 15) is 19.5 Å². The third-order valence-electron chi connectivity index (χ3n) is 5.07. The number of amides is 2. The van der Waals surface area contributed by atoms with Crippen LogP contribution >= 0.6 is 0 Å². The molecule has 2 N–H and O–H groups in total. The van der Waals surface area contributed by atoms with Crippen molar-refractivity contribution in [2.75, 3.05) is 13.1 Å². The van der Waals surface area contributed by atoms with Crippen LogP contribution in [0, 0.1) is 11.8 Å². The molecule has 3 atom stereocenters. The summed E-state index contributed by atoms with van der Waals surface area (Å²) in [6, 6.07) is 4.08. The van der Waals surface area contributed by atoms with Crippen molar-refractivity contribution >= 4 is 12.0 Å². The monoisotopic (exact) mass is 347 g/mol. The summed E-state index contributed by atoms with van der Waals surface area (Å²) in [4.78, 5) is 37.7. The third kappa shape index (κ3) is 3.70. The molecule has 7 heteroatoms. The van der Waals surface area contributed by atoms with Crippen LogP contribution in [0.15, 0.2) is 23.0 Å². The molecule has 3 heterocycles. The summed E-state index contributed by atoms with van der Waals surface area (Å²) in [7, 11) is 0. The van der Waals surface area contributed by atoms with Crippen LogP contribution in [0.5, 0.6) is 0 Å². The van der Waals surface area contributed by atoms with Gasteiger partial charge in [0, 0.05) is 37.3 Å². The van der Waals surface area contributed by atoms with Crippen molar-refractivity contribution in [2.24, 2.45) is 11.8 Å². The van der Waals surface area contributed by atoms with Gasteiger partial charge in [0.2, 0.25) is 0 Å². The zero-order valence-electron chi connectivity index (χ0n) is 14.6. The molecular formula is C18H25N3O4. The molecule has 1 aromatic heterocycles. The van der Waals surface area contributed by atoms with Crippen molar-refractivity contribution in [3.63, 3.8) is 0 Å². The first-order valence-corrected chi connectivity index (χ1v) is 8.83. The number of urea groups is 1. The van der Waals surface area contributed by atoms with Crippen LogP contribution < -0.4 is 10.9 Å². The number of carboxylic acids is 1. The quantitative estimate of drug-likeness (QED) is 0.863. The largest absolute Gasteiger partial charge is 0.480 e. The van der Waals surface area contributed by atoms with E-state index >= 15 is 0 Å². The fraction of sp³-hybridized carbons (Fsp3) is 0.611. The number of fused-ring (bicyclic) bond motifs is 4. The minimum atomic E-state index is -1.00. The maximum absolute atomic E-state index is 12.6. The number of carbonyl (C=O) groups is 2. The molecule has 0 radical (unpaired) electrons. The van der Waals surface area contributed by atoms with Gasteiger partial charge < -0.3 is 19.9 Å². The number of nitrogens with zero attached hydrogens (tertiary/aromatic N) is 2. The molecule has 2 bridgehead atoms. The van der Waals surface area contributed by atoms with Crippen LogP contribution in [0.1, 0.15) is 38.3 Å². The fourth-order valence-electron chi connectivity index (χ4n) is 4.00. The maximum Gasteiger partial charge on any atom is 0.326 e. The van der Waals surface area contributed by atoms with Gasteiger partial charge in [-0.05, 0) is 30.7 Å². The zero-order chi connectivity index (χ0) is 18.1. The van der Waals surface area contributed by atoms with Gasteiger partial charge in [0.1, 0.15) is 6.04 Å². The van der Waals surface area contributed by atoms with E-state index in [1.807, 2.05) is 24.5 Å². The molecule has 7 nitrogen and oxygen atoms in total. The van der Waals surface area contributed by atoms with E-state index in [1.165, 1.54) is 0 Å². The molecule has 2 aliphatic rings. The first-order valence-electron chi connectivity index (χ1n) is 8.83. The molecule has 25 heavy (non-hydrogen) atoms. The summed E-state index contributed by atoms with van der Waals surface area (Å²) in [5.41, 5.74) is 0.978. The molecule has 0 spiro atoms. The number of carboxylic acid groups (broad SMARTS) is 1. The van der Waals surface area contributed by atoms with E-state index in [1.54, 1.807) is 17.0 Å². The molecule has 0 aliphatic carbocycles. The fourth-order valence-corrected chi connectivity index (χ4v) is 4.00. The van der Waals surface area contributed by atoms with Crippen molar-refractivity contribution in [1.29, 1.82) is 0 Å². The molecule has 0 aromatic carbocycles. The van der Waals surface area contributed by atoms with E-state index < -0.39 is 12.0 Å². The summed E-state index contributed by atoms with van der Waals surface area (Å²) in [5, 5.41) is 12.0. The summed E-state index contributed by atoms with van der Waals surface area (Å²) >= 11 is 0. The highest BCUT2D eigenvalue weighted by Crippen LogP contribution is 2.34. The number of carbonyl (C=O) groups excluding carboxylic acids is 1. The van der Waals surface area contributed by atoms with E-state index in [-0.39, 0.29) is 29.3 Å². The number of hydrogen-bond acceptors (Lipinski definition) is 3. The van der Waals surface area contributed by atoms with Gasteiger partial charge in [-0.15, -0.1) is 0 Å².